The Labute approximate surface area is 171 Å². The number of anilines is 1. The molecule has 4 rings (SSSR count). The van der Waals surface area contributed by atoms with E-state index in [0.717, 1.165) is 49.7 Å². The third-order valence-electron chi connectivity index (χ3n) is 5.63. The number of thiophene rings is 1. The van der Waals surface area contributed by atoms with Crippen LogP contribution >= 0.6 is 11.3 Å². The molecule has 1 aliphatic rings. The average Bonchev–Trinajstić information content (AvgIpc) is 3.33. The molecule has 3 aromatic rings. The normalized spacial score (nSPS) is 15.1. The molecule has 3 heterocycles. The SMILES string of the molecule is Cc1cc(C(=O)CN2CCN(c3ccccc3)CC2)c(C)n1Cc1cccs1. The molecule has 1 saturated heterocycles. The lowest BCUT2D eigenvalue weighted by atomic mass is 10.1. The Morgan fingerprint density at radius 1 is 1.00 bits per heavy atom. The van der Waals surface area contributed by atoms with Crippen LogP contribution < -0.4 is 4.90 Å². The molecule has 1 aliphatic heterocycles. The van der Waals surface area contributed by atoms with Gasteiger partial charge in [0.15, 0.2) is 5.78 Å². The number of carbonyl (C=O) groups is 1. The van der Waals surface area contributed by atoms with Crippen molar-refractivity contribution in [3.05, 3.63) is 75.7 Å². The number of hydrogen-bond acceptors (Lipinski definition) is 4. The molecule has 5 heteroatoms. The fraction of sp³-hybridized carbons (Fsp3) is 0.348. The van der Waals surface area contributed by atoms with Gasteiger partial charge in [-0.15, -0.1) is 11.3 Å². The fourth-order valence-corrected chi connectivity index (χ4v) is 4.67. The minimum Gasteiger partial charge on any atom is -0.369 e. The van der Waals surface area contributed by atoms with Crippen molar-refractivity contribution in [2.45, 2.75) is 20.4 Å². The van der Waals surface area contributed by atoms with Gasteiger partial charge in [0.05, 0.1) is 13.1 Å². The number of benzene rings is 1. The highest BCUT2D eigenvalue weighted by Crippen LogP contribution is 2.21. The van der Waals surface area contributed by atoms with Crippen LogP contribution in [0.5, 0.6) is 0 Å². The quantitative estimate of drug-likeness (QED) is 0.587. The lowest BCUT2D eigenvalue weighted by Gasteiger charge is -2.35. The Morgan fingerprint density at radius 2 is 1.75 bits per heavy atom. The maximum absolute atomic E-state index is 13.0. The minimum absolute atomic E-state index is 0.235. The van der Waals surface area contributed by atoms with Gasteiger partial charge in [-0.3, -0.25) is 9.69 Å². The maximum Gasteiger partial charge on any atom is 0.178 e. The van der Waals surface area contributed by atoms with E-state index < -0.39 is 0 Å². The van der Waals surface area contributed by atoms with Gasteiger partial charge in [0, 0.05) is 53.7 Å². The second kappa shape index (κ2) is 8.33. The first-order chi connectivity index (χ1) is 13.6. The minimum atomic E-state index is 0.235. The van der Waals surface area contributed by atoms with Crippen LogP contribution in [0.15, 0.2) is 53.9 Å². The van der Waals surface area contributed by atoms with Crippen molar-refractivity contribution >= 4 is 22.8 Å². The number of ketones is 1. The van der Waals surface area contributed by atoms with Gasteiger partial charge >= 0.3 is 0 Å². The molecular weight excluding hydrogens is 366 g/mol. The highest BCUT2D eigenvalue weighted by molar-refractivity contribution is 7.09. The molecule has 0 amide bonds. The van der Waals surface area contributed by atoms with Gasteiger partial charge in [-0.2, -0.15) is 0 Å². The van der Waals surface area contributed by atoms with E-state index in [4.69, 9.17) is 0 Å². The second-order valence-electron chi connectivity index (χ2n) is 7.47. The van der Waals surface area contributed by atoms with Gasteiger partial charge in [0.25, 0.3) is 0 Å². The van der Waals surface area contributed by atoms with Crippen molar-refractivity contribution in [1.29, 1.82) is 0 Å². The van der Waals surface area contributed by atoms with Crippen molar-refractivity contribution in [2.75, 3.05) is 37.6 Å². The molecule has 0 N–H and O–H groups in total. The van der Waals surface area contributed by atoms with Crippen LogP contribution in [0.2, 0.25) is 0 Å². The van der Waals surface area contributed by atoms with E-state index in [9.17, 15) is 4.79 Å². The average molecular weight is 394 g/mol. The summed E-state index contributed by atoms with van der Waals surface area (Å²) in [7, 11) is 0. The van der Waals surface area contributed by atoms with Gasteiger partial charge in [0.1, 0.15) is 0 Å². The summed E-state index contributed by atoms with van der Waals surface area (Å²) >= 11 is 1.76. The molecule has 0 aliphatic carbocycles. The van der Waals surface area contributed by atoms with Gasteiger partial charge in [0.2, 0.25) is 0 Å². The number of carbonyl (C=O) groups excluding carboxylic acids is 1. The van der Waals surface area contributed by atoms with Gasteiger partial charge < -0.3 is 9.47 Å². The summed E-state index contributed by atoms with van der Waals surface area (Å²) in [5, 5.41) is 2.10. The summed E-state index contributed by atoms with van der Waals surface area (Å²) in [6.45, 7) is 9.30. The van der Waals surface area contributed by atoms with Crippen molar-refractivity contribution in [1.82, 2.24) is 9.47 Å². The molecule has 28 heavy (non-hydrogen) atoms. The lowest BCUT2D eigenvalue weighted by molar-refractivity contribution is 0.0925. The van der Waals surface area contributed by atoms with Crippen LogP contribution in [-0.4, -0.2) is 48.0 Å². The number of para-hydroxylation sites is 1. The zero-order valence-electron chi connectivity index (χ0n) is 16.6. The highest BCUT2D eigenvalue weighted by Gasteiger charge is 2.22. The van der Waals surface area contributed by atoms with Crippen molar-refractivity contribution in [3.8, 4) is 0 Å². The topological polar surface area (TPSA) is 28.5 Å². The number of nitrogens with zero attached hydrogens (tertiary/aromatic N) is 3. The van der Waals surface area contributed by atoms with Gasteiger partial charge in [-0.1, -0.05) is 24.3 Å². The van der Waals surface area contributed by atoms with Crippen molar-refractivity contribution in [3.63, 3.8) is 0 Å². The molecule has 0 atom stereocenters. The van der Waals surface area contributed by atoms with Crippen LogP contribution in [0.1, 0.15) is 26.6 Å². The monoisotopic (exact) mass is 393 g/mol. The standard InChI is InChI=1S/C23H27N3OS/c1-18-15-22(19(2)26(18)16-21-9-6-14-28-21)23(27)17-24-10-12-25(13-11-24)20-7-4-3-5-8-20/h3-9,14-15H,10-13,16-17H2,1-2H3. The molecule has 0 saturated carbocycles. The molecule has 0 bridgehead atoms. The van der Waals surface area contributed by atoms with Gasteiger partial charge in [-0.05, 0) is 43.5 Å². The summed E-state index contributed by atoms with van der Waals surface area (Å²) in [6, 6.07) is 16.8. The number of Topliss-reactive ketones (excluding diaryl/α,β-unsaturated/α-hetero) is 1. The largest absolute Gasteiger partial charge is 0.369 e. The molecule has 1 aromatic carbocycles. The first-order valence-electron chi connectivity index (χ1n) is 9.86. The molecule has 0 spiro atoms. The van der Waals surface area contributed by atoms with Gasteiger partial charge in [-0.25, -0.2) is 0 Å². The summed E-state index contributed by atoms with van der Waals surface area (Å²) in [5.74, 6) is 0.235. The number of rotatable bonds is 6. The summed E-state index contributed by atoms with van der Waals surface area (Å²) < 4.78 is 2.26. The number of piperazine rings is 1. The van der Waals surface area contributed by atoms with E-state index in [-0.39, 0.29) is 5.78 Å². The molecule has 146 valence electrons. The Morgan fingerprint density at radius 3 is 2.43 bits per heavy atom. The molecule has 2 aromatic heterocycles. The Kier molecular flexibility index (Phi) is 5.64. The van der Waals surface area contributed by atoms with E-state index >= 15 is 0 Å². The lowest BCUT2D eigenvalue weighted by Crippen LogP contribution is -2.48. The molecular formula is C23H27N3OS. The van der Waals surface area contributed by atoms with Crippen molar-refractivity contribution < 1.29 is 4.79 Å². The van der Waals surface area contributed by atoms with E-state index in [1.54, 1.807) is 11.3 Å². The maximum atomic E-state index is 13.0. The number of aromatic nitrogens is 1. The summed E-state index contributed by atoms with van der Waals surface area (Å²) in [4.78, 5) is 19.0. The van der Waals surface area contributed by atoms with Crippen LogP contribution in [0.4, 0.5) is 5.69 Å². The highest BCUT2D eigenvalue weighted by atomic mass is 32.1. The van der Waals surface area contributed by atoms with Crippen LogP contribution in [0.3, 0.4) is 0 Å². The predicted molar refractivity (Wildman–Crippen MR) is 117 cm³/mol. The van der Waals surface area contributed by atoms with E-state index in [1.807, 2.05) is 6.07 Å². The third-order valence-corrected chi connectivity index (χ3v) is 6.49. The zero-order valence-corrected chi connectivity index (χ0v) is 17.4. The van der Waals surface area contributed by atoms with Crippen LogP contribution in [0.25, 0.3) is 0 Å². The first-order valence-corrected chi connectivity index (χ1v) is 10.7. The van der Waals surface area contributed by atoms with E-state index in [2.05, 4.69) is 76.1 Å². The third kappa shape index (κ3) is 4.05. The molecule has 4 nitrogen and oxygen atoms in total. The Balaban J connectivity index is 1.38. The van der Waals surface area contributed by atoms with Crippen LogP contribution in [0, 0.1) is 13.8 Å². The smallest absolute Gasteiger partial charge is 0.178 e. The first kappa shape index (κ1) is 19.0. The zero-order chi connectivity index (χ0) is 19.5. The Hall–Kier alpha value is -2.37. The fourth-order valence-electron chi connectivity index (χ4n) is 3.98. The molecule has 1 fully saturated rings. The number of aryl methyl sites for hydroxylation is 1. The van der Waals surface area contributed by atoms with Crippen LogP contribution in [-0.2, 0) is 6.54 Å². The molecule has 0 unspecified atom stereocenters. The molecule has 0 radical (unpaired) electrons. The van der Waals surface area contributed by atoms with Crippen molar-refractivity contribution in [2.24, 2.45) is 0 Å². The van der Waals surface area contributed by atoms with E-state index in [1.165, 1.54) is 10.6 Å². The summed E-state index contributed by atoms with van der Waals surface area (Å²) in [5.41, 5.74) is 4.38. The predicted octanol–water partition coefficient (Wildman–Crippen LogP) is 4.22. The Bertz CT molecular complexity index is 922. The second-order valence-corrected chi connectivity index (χ2v) is 8.50. The number of hydrogen-bond donors (Lipinski definition) is 0. The summed E-state index contributed by atoms with van der Waals surface area (Å²) in [6.07, 6.45) is 0. The van der Waals surface area contributed by atoms with E-state index in [0.29, 0.717) is 6.54 Å².